The molecule has 0 aliphatic heterocycles. The van der Waals surface area contributed by atoms with E-state index in [9.17, 15) is 8.42 Å². The van der Waals surface area contributed by atoms with Gasteiger partial charge in [0, 0.05) is 5.56 Å². The molecule has 0 radical (unpaired) electrons. The van der Waals surface area contributed by atoms with Crippen LogP contribution in [0.5, 0.6) is 0 Å². The highest BCUT2D eigenvalue weighted by Crippen LogP contribution is 2.13. The van der Waals surface area contributed by atoms with Crippen LogP contribution in [-0.4, -0.2) is 35.3 Å². The van der Waals surface area contributed by atoms with Gasteiger partial charge in [-0.05, 0) is 19.1 Å². The zero-order valence-corrected chi connectivity index (χ0v) is 13.6. The fourth-order valence-electron chi connectivity index (χ4n) is 1.69. The molecule has 6 nitrogen and oxygen atoms in total. The van der Waals surface area contributed by atoms with E-state index in [1.165, 1.54) is 0 Å². The summed E-state index contributed by atoms with van der Waals surface area (Å²) in [4.78, 5) is 0. The second-order valence-electron chi connectivity index (χ2n) is 4.45. The zero-order valence-electron chi connectivity index (χ0n) is 11.1. The molecule has 0 saturated carbocycles. The highest BCUT2D eigenvalue weighted by Gasteiger charge is 2.19. The molecular weight excluding hydrogens is 330 g/mol. The van der Waals surface area contributed by atoms with E-state index >= 15 is 0 Å². The average Bonchev–Trinajstić information content (AvgIpc) is 2.81. The van der Waals surface area contributed by atoms with Crippen LogP contribution in [0.2, 0.25) is 0 Å². The minimum absolute atomic E-state index is 0.106. The van der Waals surface area contributed by atoms with E-state index in [4.69, 9.17) is 17.4 Å². The fraction of sp³-hybridized carbons (Fsp3) is 0.250. The number of nitrogens with zero attached hydrogens (tertiary/aromatic N) is 2. The maximum atomic E-state index is 12.1. The molecule has 2 aromatic rings. The number of rotatable bonds is 5. The summed E-state index contributed by atoms with van der Waals surface area (Å²) in [6, 6.07) is 7.09. The van der Waals surface area contributed by atoms with E-state index in [2.05, 4.69) is 15.4 Å². The molecule has 0 amide bonds. The van der Waals surface area contributed by atoms with Crippen LogP contribution in [0.1, 0.15) is 16.1 Å². The van der Waals surface area contributed by atoms with Crippen molar-refractivity contribution in [3.63, 3.8) is 0 Å². The molecule has 9 heteroatoms. The van der Waals surface area contributed by atoms with Gasteiger partial charge in [0.25, 0.3) is 0 Å². The van der Waals surface area contributed by atoms with Gasteiger partial charge in [-0.3, -0.25) is 5.10 Å². The predicted molar refractivity (Wildman–Crippen MR) is 84.3 cm³/mol. The van der Waals surface area contributed by atoms with Crippen LogP contribution >= 0.6 is 23.6 Å². The Morgan fingerprint density at radius 3 is 2.62 bits per heavy atom. The standard InChI is InChI=1S/C12H13N3O3S3/c1-8-2-4-9(5-3-8)10(15-16)6-21(17,18)7-11-13-14-12(19)20-11/h2-5,16H,6-7H2,1H3,(H,14,19)/b15-10-. The second kappa shape index (κ2) is 6.46. The summed E-state index contributed by atoms with van der Waals surface area (Å²) in [5, 5.41) is 18.9. The maximum Gasteiger partial charge on any atom is 0.176 e. The van der Waals surface area contributed by atoms with Gasteiger partial charge in [0.2, 0.25) is 0 Å². The van der Waals surface area contributed by atoms with E-state index in [0.717, 1.165) is 16.9 Å². The third-order valence-corrected chi connectivity index (χ3v) is 5.39. The third-order valence-electron chi connectivity index (χ3n) is 2.69. The van der Waals surface area contributed by atoms with Crippen LogP contribution in [0.15, 0.2) is 29.4 Å². The lowest BCUT2D eigenvalue weighted by Gasteiger charge is -2.05. The molecule has 0 aliphatic carbocycles. The van der Waals surface area contributed by atoms with Gasteiger partial charge in [-0.1, -0.05) is 46.3 Å². The molecule has 0 atom stereocenters. The summed E-state index contributed by atoms with van der Waals surface area (Å²) in [6.45, 7) is 1.92. The normalized spacial score (nSPS) is 12.5. The Hall–Kier alpha value is -1.58. The van der Waals surface area contributed by atoms with Crippen molar-refractivity contribution in [1.82, 2.24) is 10.2 Å². The van der Waals surface area contributed by atoms with Gasteiger partial charge in [0.05, 0.1) is 5.75 Å². The number of nitrogens with one attached hydrogen (secondary N) is 1. The molecule has 21 heavy (non-hydrogen) atoms. The van der Waals surface area contributed by atoms with E-state index < -0.39 is 9.84 Å². The van der Waals surface area contributed by atoms with Gasteiger partial charge in [0.1, 0.15) is 16.5 Å². The lowest BCUT2D eigenvalue weighted by molar-refractivity contribution is 0.319. The molecule has 0 spiro atoms. The predicted octanol–water partition coefficient (Wildman–Crippen LogP) is 2.30. The summed E-state index contributed by atoms with van der Waals surface area (Å²) in [7, 11) is -3.50. The van der Waals surface area contributed by atoms with Gasteiger partial charge < -0.3 is 5.21 Å². The van der Waals surface area contributed by atoms with Crippen molar-refractivity contribution in [3.8, 4) is 0 Å². The quantitative estimate of drug-likeness (QED) is 0.376. The number of oxime groups is 1. The second-order valence-corrected chi connectivity index (χ2v) is 8.27. The first-order chi connectivity index (χ1) is 9.89. The molecule has 2 N–H and O–H groups in total. The van der Waals surface area contributed by atoms with E-state index in [-0.39, 0.29) is 17.2 Å². The molecule has 0 unspecified atom stereocenters. The molecule has 1 aromatic heterocycles. The van der Waals surface area contributed by atoms with Crippen molar-refractivity contribution in [2.45, 2.75) is 12.7 Å². The third kappa shape index (κ3) is 4.45. The lowest BCUT2D eigenvalue weighted by atomic mass is 10.1. The summed E-state index contributed by atoms with van der Waals surface area (Å²) in [6.07, 6.45) is 0. The smallest absolute Gasteiger partial charge is 0.176 e. The Morgan fingerprint density at radius 1 is 1.43 bits per heavy atom. The van der Waals surface area contributed by atoms with Crippen molar-refractivity contribution in [2.24, 2.45) is 5.16 Å². The van der Waals surface area contributed by atoms with Crippen LogP contribution in [0, 0.1) is 10.9 Å². The summed E-state index contributed by atoms with van der Waals surface area (Å²) < 4.78 is 24.7. The van der Waals surface area contributed by atoms with Crippen LogP contribution in [0.3, 0.4) is 0 Å². The van der Waals surface area contributed by atoms with Crippen molar-refractivity contribution in [1.29, 1.82) is 0 Å². The first-order valence-corrected chi connectivity index (χ1v) is 8.97. The molecule has 1 aromatic carbocycles. The van der Waals surface area contributed by atoms with Gasteiger partial charge in [-0.2, -0.15) is 5.10 Å². The highest BCUT2D eigenvalue weighted by atomic mass is 32.2. The van der Waals surface area contributed by atoms with E-state index in [1.807, 2.05) is 19.1 Å². The summed E-state index contributed by atoms with van der Waals surface area (Å²) in [5.41, 5.74) is 1.71. The first kappa shape index (κ1) is 15.8. The zero-order chi connectivity index (χ0) is 15.5. The van der Waals surface area contributed by atoms with E-state index in [0.29, 0.717) is 14.5 Å². The van der Waals surface area contributed by atoms with Gasteiger partial charge >= 0.3 is 0 Å². The van der Waals surface area contributed by atoms with Crippen molar-refractivity contribution < 1.29 is 13.6 Å². The van der Waals surface area contributed by atoms with Crippen molar-refractivity contribution in [3.05, 3.63) is 44.4 Å². The monoisotopic (exact) mass is 343 g/mol. The number of sulfone groups is 1. The van der Waals surface area contributed by atoms with Crippen molar-refractivity contribution >= 4 is 39.1 Å². The largest absolute Gasteiger partial charge is 0.411 e. The van der Waals surface area contributed by atoms with Gasteiger partial charge in [-0.25, -0.2) is 8.42 Å². The molecular formula is C12H13N3O3S3. The number of aryl methyl sites for hydroxylation is 1. The molecule has 112 valence electrons. The lowest BCUT2D eigenvalue weighted by Crippen LogP contribution is -2.19. The van der Waals surface area contributed by atoms with Crippen LogP contribution in [0.25, 0.3) is 0 Å². The molecule has 0 fully saturated rings. The topological polar surface area (TPSA) is 95.4 Å². The Balaban J connectivity index is 2.17. The van der Waals surface area contributed by atoms with Crippen LogP contribution < -0.4 is 0 Å². The fourth-order valence-corrected chi connectivity index (χ4v) is 4.37. The molecule has 2 rings (SSSR count). The number of hydrogen-bond acceptors (Lipinski definition) is 7. The number of hydrogen-bond donors (Lipinski definition) is 2. The first-order valence-electron chi connectivity index (χ1n) is 5.92. The Bertz CT molecular complexity index is 804. The average molecular weight is 343 g/mol. The number of H-pyrrole nitrogens is 1. The van der Waals surface area contributed by atoms with Crippen LogP contribution in [-0.2, 0) is 15.6 Å². The molecule has 1 heterocycles. The SMILES string of the molecule is Cc1ccc(/C(CS(=O)(=O)Cc2n[nH]c(=S)s2)=N\O)cc1. The summed E-state index contributed by atoms with van der Waals surface area (Å²) >= 11 is 5.98. The summed E-state index contributed by atoms with van der Waals surface area (Å²) in [5.74, 6) is -0.603. The minimum Gasteiger partial charge on any atom is -0.411 e. The minimum atomic E-state index is -3.50. The molecule has 0 aliphatic rings. The highest BCUT2D eigenvalue weighted by molar-refractivity contribution is 7.91. The molecule has 0 saturated heterocycles. The number of aromatic nitrogens is 2. The van der Waals surface area contributed by atoms with Crippen LogP contribution in [0.4, 0.5) is 0 Å². The van der Waals surface area contributed by atoms with E-state index in [1.54, 1.807) is 12.1 Å². The maximum absolute atomic E-state index is 12.1. The number of aromatic amines is 1. The van der Waals surface area contributed by atoms with Crippen molar-refractivity contribution in [2.75, 3.05) is 5.75 Å². The number of benzene rings is 1. The Morgan fingerprint density at radius 2 is 2.10 bits per heavy atom. The molecule has 0 bridgehead atoms. The Kier molecular flexibility index (Phi) is 4.86. The van der Waals surface area contributed by atoms with Gasteiger partial charge in [-0.15, -0.1) is 0 Å². The Labute approximate surface area is 131 Å². The van der Waals surface area contributed by atoms with Gasteiger partial charge in [0.15, 0.2) is 13.8 Å².